The van der Waals surface area contributed by atoms with E-state index in [1.54, 1.807) is 0 Å². The predicted molar refractivity (Wildman–Crippen MR) is 87.5 cm³/mol. The van der Waals surface area contributed by atoms with Gasteiger partial charge < -0.3 is 5.11 Å². The molecule has 0 saturated heterocycles. The van der Waals surface area contributed by atoms with Crippen LogP contribution in [0.1, 0.15) is 16.1 Å². The minimum atomic E-state index is -1.15. The molecule has 0 aliphatic carbocycles. The summed E-state index contributed by atoms with van der Waals surface area (Å²) in [5.74, 6) is -0.499. The van der Waals surface area contributed by atoms with Gasteiger partial charge in [0.2, 0.25) is 0 Å². The zero-order chi connectivity index (χ0) is 15.5. The van der Waals surface area contributed by atoms with Crippen LogP contribution in [0.3, 0.4) is 0 Å². The maximum atomic E-state index is 11.0. The van der Waals surface area contributed by atoms with Crippen molar-refractivity contribution in [2.75, 3.05) is 0 Å². The molecule has 2 aromatic carbocycles. The Hall–Kier alpha value is -2.11. The highest BCUT2D eigenvalue weighted by molar-refractivity contribution is 7.98. The summed E-state index contributed by atoms with van der Waals surface area (Å²) in [6.45, 7) is 0. The van der Waals surface area contributed by atoms with Crippen LogP contribution in [0.15, 0.2) is 53.8 Å². The molecule has 0 unspecified atom stereocenters. The van der Waals surface area contributed by atoms with Crippen LogP contribution >= 0.6 is 23.4 Å². The first-order valence-electron chi connectivity index (χ1n) is 6.50. The third-order valence-electron chi connectivity index (χ3n) is 3.16. The Balaban J connectivity index is 1.85. The van der Waals surface area contributed by atoms with Crippen molar-refractivity contribution in [2.45, 2.75) is 10.9 Å². The summed E-state index contributed by atoms with van der Waals surface area (Å²) in [5, 5.41) is 11.8. The average molecular weight is 331 g/mol. The van der Waals surface area contributed by atoms with Gasteiger partial charge in [0.25, 0.3) is 0 Å². The molecule has 1 heterocycles. The first-order valence-corrected chi connectivity index (χ1v) is 7.87. The van der Waals surface area contributed by atoms with Crippen molar-refractivity contribution in [3.63, 3.8) is 0 Å². The van der Waals surface area contributed by atoms with E-state index in [9.17, 15) is 4.79 Å². The molecule has 0 amide bonds. The van der Waals surface area contributed by atoms with Gasteiger partial charge in [-0.25, -0.2) is 14.8 Å². The van der Waals surface area contributed by atoms with Gasteiger partial charge in [0.05, 0.1) is 11.2 Å². The highest BCUT2D eigenvalue weighted by Gasteiger charge is 2.13. The summed E-state index contributed by atoms with van der Waals surface area (Å²) in [4.78, 5) is 19.1. The number of aromatic carboxylic acids is 1. The number of aromatic nitrogens is 2. The van der Waals surface area contributed by atoms with Crippen LogP contribution in [0.5, 0.6) is 0 Å². The van der Waals surface area contributed by atoms with Gasteiger partial charge in [-0.05, 0) is 16.3 Å². The SMILES string of the molecule is O=C(O)c1nc(SCc2cccc3ccccc23)ncc1Cl. The van der Waals surface area contributed by atoms with Crippen molar-refractivity contribution in [2.24, 2.45) is 0 Å². The molecule has 6 heteroatoms. The highest BCUT2D eigenvalue weighted by Crippen LogP contribution is 2.26. The molecule has 0 aliphatic heterocycles. The minimum Gasteiger partial charge on any atom is -0.476 e. The quantitative estimate of drug-likeness (QED) is 0.571. The van der Waals surface area contributed by atoms with Crippen molar-refractivity contribution < 1.29 is 9.90 Å². The molecule has 0 radical (unpaired) electrons. The summed E-state index contributed by atoms with van der Waals surface area (Å²) in [6, 6.07) is 14.2. The maximum absolute atomic E-state index is 11.0. The summed E-state index contributed by atoms with van der Waals surface area (Å²) in [5.41, 5.74) is 0.982. The number of hydrogen-bond donors (Lipinski definition) is 1. The normalized spacial score (nSPS) is 10.8. The monoisotopic (exact) mass is 330 g/mol. The van der Waals surface area contributed by atoms with Crippen LogP contribution in [0.2, 0.25) is 5.02 Å². The molecule has 0 atom stereocenters. The van der Waals surface area contributed by atoms with Crippen LogP contribution in [-0.2, 0) is 5.75 Å². The van der Waals surface area contributed by atoms with Gasteiger partial charge in [0, 0.05) is 5.75 Å². The second-order valence-corrected chi connectivity index (χ2v) is 5.93. The Morgan fingerprint density at radius 2 is 1.95 bits per heavy atom. The van der Waals surface area contributed by atoms with E-state index in [0.717, 1.165) is 5.56 Å². The van der Waals surface area contributed by atoms with Crippen molar-refractivity contribution >= 4 is 40.1 Å². The molecular weight excluding hydrogens is 320 g/mol. The Labute approximate surface area is 136 Å². The molecule has 22 heavy (non-hydrogen) atoms. The lowest BCUT2D eigenvalue weighted by Gasteiger charge is -2.06. The Kier molecular flexibility index (Phi) is 4.27. The van der Waals surface area contributed by atoms with Gasteiger partial charge in [0.1, 0.15) is 0 Å². The van der Waals surface area contributed by atoms with Gasteiger partial charge in [-0.3, -0.25) is 0 Å². The molecule has 1 aromatic heterocycles. The van der Waals surface area contributed by atoms with E-state index >= 15 is 0 Å². The number of benzene rings is 2. The summed E-state index contributed by atoms with van der Waals surface area (Å²) >= 11 is 7.16. The van der Waals surface area contributed by atoms with E-state index in [0.29, 0.717) is 10.9 Å². The molecule has 0 saturated carbocycles. The van der Waals surface area contributed by atoms with Crippen molar-refractivity contribution in [3.8, 4) is 0 Å². The fraction of sp³-hybridized carbons (Fsp3) is 0.0625. The third kappa shape index (κ3) is 3.05. The van der Waals surface area contributed by atoms with Crippen LogP contribution in [-0.4, -0.2) is 21.0 Å². The zero-order valence-corrected chi connectivity index (χ0v) is 12.9. The Morgan fingerprint density at radius 3 is 2.77 bits per heavy atom. The summed E-state index contributed by atoms with van der Waals surface area (Å²) < 4.78 is 0. The number of carbonyl (C=O) groups is 1. The number of nitrogens with zero attached hydrogens (tertiary/aromatic N) is 2. The molecule has 0 spiro atoms. The fourth-order valence-electron chi connectivity index (χ4n) is 2.13. The molecule has 0 fully saturated rings. The molecule has 3 rings (SSSR count). The molecule has 0 aliphatic rings. The van der Waals surface area contributed by atoms with Crippen LogP contribution < -0.4 is 0 Å². The number of thioether (sulfide) groups is 1. The number of fused-ring (bicyclic) bond motifs is 1. The zero-order valence-electron chi connectivity index (χ0n) is 11.4. The number of hydrogen-bond acceptors (Lipinski definition) is 4. The number of rotatable bonds is 4. The first-order chi connectivity index (χ1) is 10.6. The molecule has 4 nitrogen and oxygen atoms in total. The fourth-order valence-corrected chi connectivity index (χ4v) is 3.12. The van der Waals surface area contributed by atoms with Crippen LogP contribution in [0, 0.1) is 0 Å². The summed E-state index contributed by atoms with van der Waals surface area (Å²) in [7, 11) is 0. The van der Waals surface area contributed by atoms with Gasteiger partial charge >= 0.3 is 5.97 Å². The van der Waals surface area contributed by atoms with E-state index in [-0.39, 0.29) is 10.7 Å². The Bertz CT molecular complexity index is 849. The average Bonchev–Trinajstić information content (AvgIpc) is 2.53. The maximum Gasteiger partial charge on any atom is 0.356 e. The van der Waals surface area contributed by atoms with Crippen molar-refractivity contribution in [3.05, 3.63) is 64.9 Å². The number of carboxylic acids is 1. The molecule has 3 aromatic rings. The topological polar surface area (TPSA) is 63.1 Å². The Morgan fingerprint density at radius 1 is 1.18 bits per heavy atom. The summed E-state index contributed by atoms with van der Waals surface area (Å²) in [6.07, 6.45) is 1.32. The second kappa shape index (κ2) is 6.34. The third-order valence-corrected chi connectivity index (χ3v) is 4.35. The standard InChI is InChI=1S/C16H11ClN2O2S/c17-13-8-18-16(19-14(13)15(20)21)22-9-11-6-3-5-10-4-1-2-7-12(10)11/h1-8H,9H2,(H,20,21). The molecule has 1 N–H and O–H groups in total. The van der Waals surface area contributed by atoms with Crippen LogP contribution in [0.25, 0.3) is 10.8 Å². The smallest absolute Gasteiger partial charge is 0.356 e. The highest BCUT2D eigenvalue weighted by atomic mass is 35.5. The molecular formula is C16H11ClN2O2S. The van der Waals surface area contributed by atoms with Gasteiger partial charge in [-0.15, -0.1) is 0 Å². The molecule has 0 bridgehead atoms. The van der Waals surface area contributed by atoms with E-state index < -0.39 is 5.97 Å². The van der Waals surface area contributed by atoms with E-state index in [2.05, 4.69) is 28.2 Å². The lowest BCUT2D eigenvalue weighted by atomic mass is 10.1. The lowest BCUT2D eigenvalue weighted by Crippen LogP contribution is -2.03. The largest absolute Gasteiger partial charge is 0.476 e. The van der Waals surface area contributed by atoms with Gasteiger partial charge in [-0.1, -0.05) is 65.8 Å². The molecule has 110 valence electrons. The van der Waals surface area contributed by atoms with Gasteiger partial charge in [0.15, 0.2) is 10.9 Å². The van der Waals surface area contributed by atoms with Crippen molar-refractivity contribution in [1.82, 2.24) is 9.97 Å². The second-order valence-electron chi connectivity index (χ2n) is 4.58. The number of carboxylic acid groups (broad SMARTS) is 1. The van der Waals surface area contributed by atoms with E-state index in [1.807, 2.05) is 24.3 Å². The minimum absolute atomic E-state index is 0.0435. The van der Waals surface area contributed by atoms with E-state index in [1.165, 1.54) is 28.7 Å². The van der Waals surface area contributed by atoms with Crippen LogP contribution in [0.4, 0.5) is 0 Å². The number of halogens is 1. The van der Waals surface area contributed by atoms with Gasteiger partial charge in [-0.2, -0.15) is 0 Å². The van der Waals surface area contributed by atoms with Crippen molar-refractivity contribution in [1.29, 1.82) is 0 Å². The first kappa shape index (κ1) is 14.8. The van der Waals surface area contributed by atoms with E-state index in [4.69, 9.17) is 16.7 Å². The lowest BCUT2D eigenvalue weighted by molar-refractivity contribution is 0.0689. The predicted octanol–water partition coefficient (Wildman–Crippen LogP) is 4.27.